The Hall–Kier alpha value is -2.64. The highest BCUT2D eigenvalue weighted by atomic mass is 35.5. The van der Waals surface area contributed by atoms with Crippen LogP contribution in [0.25, 0.3) is 5.65 Å². The topological polar surface area (TPSA) is 88.5 Å². The van der Waals surface area contributed by atoms with Gasteiger partial charge in [-0.1, -0.05) is 37.6 Å². The summed E-state index contributed by atoms with van der Waals surface area (Å²) in [4.78, 5) is 29.1. The largest absolute Gasteiger partial charge is 0.462 e. The molecule has 3 aromatic rings. The Bertz CT molecular complexity index is 1050. The van der Waals surface area contributed by atoms with E-state index in [0.717, 1.165) is 18.4 Å². The van der Waals surface area contributed by atoms with Gasteiger partial charge in [0.05, 0.1) is 12.3 Å². The quantitative estimate of drug-likeness (QED) is 0.547. The van der Waals surface area contributed by atoms with Crippen LogP contribution in [0.1, 0.15) is 55.2 Å². The second kappa shape index (κ2) is 8.80. The van der Waals surface area contributed by atoms with Crippen molar-refractivity contribution in [2.75, 3.05) is 6.61 Å². The number of nitrogens with zero attached hydrogens (tertiary/aromatic N) is 2. The molecule has 8 heteroatoms. The van der Waals surface area contributed by atoms with Gasteiger partial charge in [-0.2, -0.15) is 0 Å². The van der Waals surface area contributed by atoms with Crippen LogP contribution >= 0.6 is 11.6 Å². The lowest BCUT2D eigenvalue weighted by atomic mass is 9.84. The molecule has 0 bridgehead atoms. The number of fused-ring (bicyclic) bond motifs is 1. The van der Waals surface area contributed by atoms with Crippen LogP contribution in [0.4, 0.5) is 0 Å². The number of benzene rings is 1. The fourth-order valence-corrected chi connectivity index (χ4v) is 3.64. The molecule has 0 atom stereocenters. The predicted octanol–water partition coefficient (Wildman–Crippen LogP) is 3.66. The van der Waals surface area contributed by atoms with Gasteiger partial charge in [0.2, 0.25) is 0 Å². The van der Waals surface area contributed by atoms with Gasteiger partial charge in [-0.05, 0) is 37.5 Å². The van der Waals surface area contributed by atoms with E-state index in [-0.39, 0.29) is 28.9 Å². The Morgan fingerprint density at radius 2 is 1.93 bits per heavy atom. The van der Waals surface area contributed by atoms with Crippen molar-refractivity contribution in [3.05, 3.63) is 68.7 Å². The second-order valence-corrected chi connectivity index (χ2v) is 7.24. The molecular weight excluding hydrogens is 392 g/mol. The predicted molar refractivity (Wildman–Crippen MR) is 112 cm³/mol. The van der Waals surface area contributed by atoms with Crippen LogP contribution in [0.5, 0.6) is 0 Å². The average molecular weight is 417 g/mol. The summed E-state index contributed by atoms with van der Waals surface area (Å²) in [6, 6.07) is 9.24. The molecule has 3 rings (SSSR count). The number of nitrogens with one attached hydrogen (secondary N) is 2. The molecular formula is C21H25ClN4O3. The van der Waals surface area contributed by atoms with E-state index in [1.165, 1.54) is 16.8 Å². The zero-order chi connectivity index (χ0) is 21.0. The first kappa shape index (κ1) is 21.1. The molecule has 2 aromatic heterocycles. The third kappa shape index (κ3) is 4.21. The molecule has 0 aliphatic rings. The summed E-state index contributed by atoms with van der Waals surface area (Å²) in [7, 11) is 0. The van der Waals surface area contributed by atoms with Crippen LogP contribution in [0.15, 0.2) is 41.3 Å². The lowest BCUT2D eigenvalue weighted by Crippen LogP contribution is -2.41. The number of H-pyrrole nitrogens is 1. The third-order valence-corrected chi connectivity index (χ3v) is 5.51. The molecule has 0 spiro atoms. The van der Waals surface area contributed by atoms with Crippen molar-refractivity contribution in [2.45, 2.75) is 45.7 Å². The van der Waals surface area contributed by atoms with Crippen molar-refractivity contribution in [3.8, 4) is 0 Å². The van der Waals surface area contributed by atoms with Crippen molar-refractivity contribution in [3.63, 3.8) is 0 Å². The number of carbonyl (C=O) groups excluding carboxylic acids is 1. The van der Waals surface area contributed by atoms with Gasteiger partial charge >= 0.3 is 5.97 Å². The van der Waals surface area contributed by atoms with Gasteiger partial charge < -0.3 is 10.1 Å². The molecule has 0 aliphatic heterocycles. The van der Waals surface area contributed by atoms with E-state index in [9.17, 15) is 9.59 Å². The zero-order valence-electron chi connectivity index (χ0n) is 16.8. The smallest absolute Gasteiger partial charge is 0.343 e. The van der Waals surface area contributed by atoms with E-state index in [1.807, 2.05) is 24.3 Å². The molecule has 0 radical (unpaired) electrons. The summed E-state index contributed by atoms with van der Waals surface area (Å²) in [5.74, 6) is -0.513. The first-order valence-corrected chi connectivity index (χ1v) is 10.1. The molecule has 0 fully saturated rings. The molecule has 0 amide bonds. The summed E-state index contributed by atoms with van der Waals surface area (Å²) >= 11 is 6.04. The van der Waals surface area contributed by atoms with Gasteiger partial charge in [-0.25, -0.2) is 14.3 Å². The van der Waals surface area contributed by atoms with Gasteiger partial charge in [0.1, 0.15) is 5.56 Å². The average Bonchev–Trinajstić information content (AvgIpc) is 3.15. The van der Waals surface area contributed by atoms with Gasteiger partial charge in [-0.3, -0.25) is 9.89 Å². The number of hydrogen-bond donors (Lipinski definition) is 2. The van der Waals surface area contributed by atoms with Crippen molar-refractivity contribution >= 4 is 23.2 Å². The first-order valence-electron chi connectivity index (χ1n) is 9.72. The van der Waals surface area contributed by atoms with Crippen LogP contribution in [-0.4, -0.2) is 27.2 Å². The van der Waals surface area contributed by atoms with Crippen molar-refractivity contribution in [1.29, 1.82) is 0 Å². The van der Waals surface area contributed by atoms with Gasteiger partial charge in [0, 0.05) is 29.4 Å². The maximum atomic E-state index is 12.5. The highest BCUT2D eigenvalue weighted by Crippen LogP contribution is 2.30. The highest BCUT2D eigenvalue weighted by Gasteiger charge is 2.28. The summed E-state index contributed by atoms with van der Waals surface area (Å²) in [6.07, 6.45) is 3.14. The van der Waals surface area contributed by atoms with E-state index >= 15 is 0 Å². The van der Waals surface area contributed by atoms with E-state index in [0.29, 0.717) is 17.3 Å². The van der Waals surface area contributed by atoms with Gasteiger partial charge in [0.15, 0.2) is 5.65 Å². The van der Waals surface area contributed by atoms with Crippen molar-refractivity contribution < 1.29 is 9.53 Å². The van der Waals surface area contributed by atoms with E-state index in [2.05, 4.69) is 29.2 Å². The number of halogens is 1. The maximum Gasteiger partial charge on any atom is 0.343 e. The zero-order valence-corrected chi connectivity index (χ0v) is 17.5. The standard InChI is InChI=1S/C21H25ClN4O3/c1-4-21(5-2,14-7-9-15(22)10-8-14)23-12-16-11-18(27)26-19(25-16)17(13-24-26)20(28)29-6-3/h7-11,13,23-24H,4-6,12H2,1-3H3. The van der Waals surface area contributed by atoms with Crippen LogP contribution in [0, 0.1) is 0 Å². The second-order valence-electron chi connectivity index (χ2n) is 6.80. The molecule has 0 aliphatic carbocycles. The number of hydrogen-bond acceptors (Lipinski definition) is 5. The maximum absolute atomic E-state index is 12.5. The number of ether oxygens (including phenoxy) is 1. The minimum atomic E-state index is -0.513. The Labute approximate surface area is 174 Å². The molecule has 154 valence electrons. The van der Waals surface area contributed by atoms with Crippen LogP contribution < -0.4 is 10.9 Å². The fraction of sp³-hybridized carbons (Fsp3) is 0.381. The van der Waals surface area contributed by atoms with Crippen molar-refractivity contribution in [2.24, 2.45) is 0 Å². The molecule has 0 saturated carbocycles. The number of rotatable bonds is 8. The summed E-state index contributed by atoms with van der Waals surface area (Å²) in [5.41, 5.74) is 1.62. The summed E-state index contributed by atoms with van der Waals surface area (Å²) in [6.45, 7) is 6.58. The fourth-order valence-electron chi connectivity index (χ4n) is 3.52. The van der Waals surface area contributed by atoms with Crippen LogP contribution in [0.3, 0.4) is 0 Å². The Kier molecular flexibility index (Phi) is 6.39. The molecule has 1 aromatic carbocycles. The number of aromatic nitrogens is 3. The van der Waals surface area contributed by atoms with E-state index in [1.54, 1.807) is 6.92 Å². The van der Waals surface area contributed by atoms with Crippen molar-refractivity contribution in [1.82, 2.24) is 19.9 Å². The number of esters is 1. The normalized spacial score (nSPS) is 11.7. The van der Waals surface area contributed by atoms with Crippen LogP contribution in [-0.2, 0) is 16.8 Å². The Morgan fingerprint density at radius 3 is 2.55 bits per heavy atom. The lowest BCUT2D eigenvalue weighted by molar-refractivity contribution is 0.0528. The first-order chi connectivity index (χ1) is 13.9. The number of carbonyl (C=O) groups is 1. The third-order valence-electron chi connectivity index (χ3n) is 5.26. The van der Waals surface area contributed by atoms with Crippen LogP contribution in [0.2, 0.25) is 5.02 Å². The minimum Gasteiger partial charge on any atom is -0.462 e. The molecule has 2 N–H and O–H groups in total. The molecule has 29 heavy (non-hydrogen) atoms. The lowest BCUT2D eigenvalue weighted by Gasteiger charge is -2.34. The highest BCUT2D eigenvalue weighted by molar-refractivity contribution is 6.30. The molecule has 7 nitrogen and oxygen atoms in total. The molecule has 2 heterocycles. The molecule has 0 saturated heterocycles. The molecule has 0 unspecified atom stereocenters. The van der Waals surface area contributed by atoms with E-state index < -0.39 is 5.97 Å². The number of aromatic amines is 1. The summed E-state index contributed by atoms with van der Waals surface area (Å²) in [5, 5.41) is 7.01. The Morgan fingerprint density at radius 1 is 1.24 bits per heavy atom. The SMILES string of the molecule is CCOC(=O)c1c[nH]n2c(=O)cc(CNC(CC)(CC)c3ccc(Cl)cc3)nc12. The summed E-state index contributed by atoms with van der Waals surface area (Å²) < 4.78 is 6.29. The Balaban J connectivity index is 1.92. The van der Waals surface area contributed by atoms with Gasteiger partial charge in [0.25, 0.3) is 5.56 Å². The van der Waals surface area contributed by atoms with Gasteiger partial charge in [-0.15, -0.1) is 0 Å². The minimum absolute atomic E-state index is 0.237. The van der Waals surface area contributed by atoms with E-state index in [4.69, 9.17) is 16.3 Å². The monoisotopic (exact) mass is 416 g/mol.